The minimum absolute atomic E-state index is 0.194. The maximum atomic E-state index is 14.0. The maximum absolute atomic E-state index is 14.0. The van der Waals surface area contributed by atoms with Crippen LogP contribution in [0.1, 0.15) is 5.76 Å². The van der Waals surface area contributed by atoms with E-state index < -0.39 is 10.7 Å². The Kier molecular flexibility index (Phi) is 4.96. The van der Waals surface area contributed by atoms with Crippen LogP contribution in [0.2, 0.25) is 0 Å². The molecule has 28 heavy (non-hydrogen) atoms. The van der Waals surface area contributed by atoms with Crippen LogP contribution in [0.4, 0.5) is 16.0 Å². The summed E-state index contributed by atoms with van der Waals surface area (Å²) in [6.07, 6.45) is 1.36. The van der Waals surface area contributed by atoms with E-state index >= 15 is 0 Å². The van der Waals surface area contributed by atoms with E-state index in [9.17, 15) is 14.5 Å². The Morgan fingerprint density at radius 3 is 2.71 bits per heavy atom. The zero-order valence-corrected chi connectivity index (χ0v) is 15.7. The van der Waals surface area contributed by atoms with Crippen LogP contribution >= 0.6 is 22.7 Å². The van der Waals surface area contributed by atoms with E-state index in [0.29, 0.717) is 4.80 Å². The SMILES string of the molecule is O=[N+]([O-])c1ccc(C=Nn2c(-c3cccs3)csc2=Nc2ccccc2F)o1. The van der Waals surface area contributed by atoms with Crippen molar-refractivity contribution < 1.29 is 13.7 Å². The van der Waals surface area contributed by atoms with Gasteiger partial charge in [-0.3, -0.25) is 10.1 Å². The third-order valence-corrected chi connectivity index (χ3v) is 5.33. The summed E-state index contributed by atoms with van der Waals surface area (Å²) < 4.78 is 20.7. The molecule has 0 unspecified atom stereocenters. The van der Waals surface area contributed by atoms with Crippen molar-refractivity contribution in [1.82, 2.24) is 4.68 Å². The van der Waals surface area contributed by atoms with E-state index in [4.69, 9.17) is 4.42 Å². The summed E-state index contributed by atoms with van der Waals surface area (Å²) in [6.45, 7) is 0. The molecule has 0 aliphatic rings. The van der Waals surface area contributed by atoms with Gasteiger partial charge in [-0.2, -0.15) is 5.10 Å². The summed E-state index contributed by atoms with van der Waals surface area (Å²) >= 11 is 2.83. The van der Waals surface area contributed by atoms with Gasteiger partial charge in [0.05, 0.1) is 22.9 Å². The standard InChI is InChI=1S/C18H11FN4O3S2/c19-13-4-1-2-5-14(13)21-18-22(15(11-28-18)16-6-3-9-27-16)20-10-12-7-8-17(26-12)23(24)25/h1-11H. The molecule has 0 aliphatic carbocycles. The Morgan fingerprint density at radius 1 is 1.14 bits per heavy atom. The molecule has 140 valence electrons. The number of furan rings is 1. The highest BCUT2D eigenvalue weighted by Crippen LogP contribution is 2.26. The van der Waals surface area contributed by atoms with Gasteiger partial charge in [0.1, 0.15) is 16.4 Å². The summed E-state index contributed by atoms with van der Waals surface area (Å²) in [6, 6.07) is 12.8. The van der Waals surface area contributed by atoms with E-state index in [-0.39, 0.29) is 17.3 Å². The summed E-state index contributed by atoms with van der Waals surface area (Å²) in [5.74, 6) is -0.586. The van der Waals surface area contributed by atoms with Crippen LogP contribution in [0, 0.1) is 15.9 Å². The first-order valence-electron chi connectivity index (χ1n) is 7.94. The Balaban J connectivity index is 1.81. The first-order valence-corrected chi connectivity index (χ1v) is 9.70. The largest absolute Gasteiger partial charge is 0.433 e. The molecule has 10 heteroatoms. The minimum atomic E-state index is -0.620. The molecule has 4 aromatic rings. The van der Waals surface area contributed by atoms with Crippen LogP contribution in [0.3, 0.4) is 0 Å². The number of aromatic nitrogens is 1. The van der Waals surface area contributed by atoms with E-state index in [1.165, 1.54) is 47.1 Å². The number of para-hydroxylation sites is 1. The van der Waals surface area contributed by atoms with Crippen LogP contribution in [0.5, 0.6) is 0 Å². The van der Waals surface area contributed by atoms with Gasteiger partial charge < -0.3 is 4.42 Å². The first-order chi connectivity index (χ1) is 13.6. The number of nitrogens with zero attached hydrogens (tertiary/aromatic N) is 4. The Bertz CT molecular complexity index is 1220. The zero-order chi connectivity index (χ0) is 19.5. The van der Waals surface area contributed by atoms with Crippen molar-refractivity contribution in [1.29, 1.82) is 0 Å². The van der Waals surface area contributed by atoms with Gasteiger partial charge in [0.15, 0.2) is 5.76 Å². The molecule has 0 aliphatic heterocycles. The van der Waals surface area contributed by atoms with E-state index in [0.717, 1.165) is 10.6 Å². The lowest BCUT2D eigenvalue weighted by Gasteiger charge is -2.00. The lowest BCUT2D eigenvalue weighted by atomic mass is 10.3. The predicted molar refractivity (Wildman–Crippen MR) is 106 cm³/mol. The first kappa shape index (κ1) is 18.0. The Labute approximate surface area is 165 Å². The fraction of sp³-hybridized carbons (Fsp3) is 0. The van der Waals surface area contributed by atoms with Gasteiger partial charge in [0.25, 0.3) is 0 Å². The molecule has 1 aromatic carbocycles. The number of hydrogen-bond donors (Lipinski definition) is 0. The quantitative estimate of drug-likeness (QED) is 0.261. The molecule has 0 amide bonds. The van der Waals surface area contributed by atoms with Crippen molar-refractivity contribution in [2.75, 3.05) is 0 Å². The molecule has 0 saturated carbocycles. The number of rotatable bonds is 5. The van der Waals surface area contributed by atoms with Gasteiger partial charge in [-0.1, -0.05) is 18.2 Å². The van der Waals surface area contributed by atoms with E-state index in [1.807, 2.05) is 22.9 Å². The van der Waals surface area contributed by atoms with Crippen LogP contribution in [0.25, 0.3) is 10.6 Å². The number of hydrogen-bond acceptors (Lipinski definition) is 7. The van der Waals surface area contributed by atoms with Gasteiger partial charge in [-0.05, 0) is 29.6 Å². The second-order valence-corrected chi connectivity index (χ2v) is 7.22. The third-order valence-electron chi connectivity index (χ3n) is 3.62. The third kappa shape index (κ3) is 3.68. The van der Waals surface area contributed by atoms with Crippen LogP contribution < -0.4 is 4.80 Å². The molecular formula is C18H11FN4O3S2. The van der Waals surface area contributed by atoms with Crippen LogP contribution in [-0.4, -0.2) is 15.8 Å². The number of thiazole rings is 1. The number of halogens is 1. The zero-order valence-electron chi connectivity index (χ0n) is 14.1. The van der Waals surface area contributed by atoms with Gasteiger partial charge in [-0.25, -0.2) is 14.1 Å². The minimum Gasteiger partial charge on any atom is -0.400 e. The summed E-state index contributed by atoms with van der Waals surface area (Å²) in [7, 11) is 0. The maximum Gasteiger partial charge on any atom is 0.433 e. The molecule has 0 spiro atoms. The van der Waals surface area contributed by atoms with Crippen LogP contribution in [0.15, 0.2) is 73.8 Å². The van der Waals surface area contributed by atoms with Gasteiger partial charge in [0, 0.05) is 5.38 Å². The van der Waals surface area contributed by atoms with Gasteiger partial charge >= 0.3 is 5.88 Å². The molecule has 0 radical (unpaired) electrons. The normalized spacial score (nSPS) is 12.1. The highest BCUT2D eigenvalue weighted by atomic mass is 32.1. The molecular weight excluding hydrogens is 403 g/mol. The molecule has 3 aromatic heterocycles. The lowest BCUT2D eigenvalue weighted by Crippen LogP contribution is -2.11. The molecule has 0 bridgehead atoms. The average Bonchev–Trinajstić information content (AvgIpc) is 3.42. The van der Waals surface area contributed by atoms with Crippen molar-refractivity contribution in [3.05, 3.63) is 85.8 Å². The number of benzene rings is 1. The van der Waals surface area contributed by atoms with Crippen molar-refractivity contribution in [2.24, 2.45) is 10.1 Å². The Hall–Kier alpha value is -3.37. The molecule has 0 saturated heterocycles. The molecule has 0 fully saturated rings. The van der Waals surface area contributed by atoms with Crippen molar-refractivity contribution in [3.63, 3.8) is 0 Å². The smallest absolute Gasteiger partial charge is 0.400 e. The fourth-order valence-corrected chi connectivity index (χ4v) is 4.00. The highest BCUT2D eigenvalue weighted by molar-refractivity contribution is 7.14. The molecule has 3 heterocycles. The molecule has 0 N–H and O–H groups in total. The van der Waals surface area contributed by atoms with E-state index in [1.54, 1.807) is 22.9 Å². The monoisotopic (exact) mass is 414 g/mol. The fourth-order valence-electron chi connectivity index (χ4n) is 2.35. The summed E-state index contributed by atoms with van der Waals surface area (Å²) in [5.41, 5.74) is 0.965. The molecule has 0 atom stereocenters. The van der Waals surface area contributed by atoms with Crippen LogP contribution in [-0.2, 0) is 0 Å². The predicted octanol–water partition coefficient (Wildman–Crippen LogP) is 5.03. The van der Waals surface area contributed by atoms with E-state index in [2.05, 4.69) is 10.1 Å². The van der Waals surface area contributed by atoms with Gasteiger partial charge in [0.2, 0.25) is 4.80 Å². The van der Waals surface area contributed by atoms with Crippen molar-refractivity contribution in [2.45, 2.75) is 0 Å². The summed E-state index contributed by atoms with van der Waals surface area (Å²) in [5, 5.41) is 18.9. The summed E-state index contributed by atoms with van der Waals surface area (Å²) in [4.78, 5) is 15.9. The second kappa shape index (κ2) is 7.71. The second-order valence-electron chi connectivity index (χ2n) is 5.43. The molecule has 7 nitrogen and oxygen atoms in total. The Morgan fingerprint density at radius 2 is 2.00 bits per heavy atom. The van der Waals surface area contributed by atoms with Gasteiger partial charge in [-0.15, -0.1) is 22.7 Å². The number of nitro groups is 1. The average molecular weight is 414 g/mol. The molecule has 4 rings (SSSR count). The van der Waals surface area contributed by atoms with Crippen molar-refractivity contribution >= 4 is 40.5 Å². The topological polar surface area (TPSA) is 85.9 Å². The number of thiophene rings is 1. The highest BCUT2D eigenvalue weighted by Gasteiger charge is 2.12. The lowest BCUT2D eigenvalue weighted by molar-refractivity contribution is -0.402. The van der Waals surface area contributed by atoms with Crippen molar-refractivity contribution in [3.8, 4) is 10.6 Å².